The lowest BCUT2D eigenvalue weighted by Gasteiger charge is -2.32. The summed E-state index contributed by atoms with van der Waals surface area (Å²) in [6, 6.07) is 0. The Bertz CT molecular complexity index is 469. The minimum atomic E-state index is -0.442. The molecule has 0 unspecified atom stereocenters. The zero-order chi connectivity index (χ0) is 21.6. The van der Waals surface area contributed by atoms with Crippen LogP contribution < -0.4 is 10.6 Å². The van der Waals surface area contributed by atoms with Crippen molar-refractivity contribution in [3.05, 3.63) is 12.3 Å². The molecular formula is C24H46N2O2. The maximum Gasteiger partial charge on any atom is 0.267 e. The van der Waals surface area contributed by atoms with Crippen LogP contribution in [0.1, 0.15) is 119 Å². The molecule has 0 bridgehead atoms. The van der Waals surface area contributed by atoms with E-state index in [-0.39, 0.29) is 23.1 Å². The van der Waals surface area contributed by atoms with Crippen LogP contribution in [0.25, 0.3) is 0 Å². The first kappa shape index (κ1) is 26.7. The fraction of sp³-hybridized carbons (Fsp3) is 0.833. The molecule has 2 amide bonds. The van der Waals surface area contributed by atoms with Crippen molar-refractivity contribution in [1.29, 1.82) is 0 Å². The zero-order valence-electron chi connectivity index (χ0n) is 19.5. The normalized spacial score (nSPS) is 11.9. The van der Waals surface area contributed by atoms with Gasteiger partial charge in [-0.2, -0.15) is 0 Å². The predicted octanol–water partition coefficient (Wildman–Crippen LogP) is 6.26. The molecule has 4 nitrogen and oxygen atoms in total. The van der Waals surface area contributed by atoms with Gasteiger partial charge >= 0.3 is 0 Å². The van der Waals surface area contributed by atoms with Crippen molar-refractivity contribution in [2.24, 2.45) is 5.41 Å². The van der Waals surface area contributed by atoms with Crippen molar-refractivity contribution in [2.75, 3.05) is 0 Å². The average Bonchev–Trinajstić information content (AvgIpc) is 2.67. The Morgan fingerprint density at radius 3 is 1.54 bits per heavy atom. The summed E-state index contributed by atoms with van der Waals surface area (Å²) in [6.07, 6.45) is 12.1. The van der Waals surface area contributed by atoms with Crippen LogP contribution in [-0.2, 0) is 9.59 Å². The van der Waals surface area contributed by atoms with Crippen molar-refractivity contribution in [3.63, 3.8) is 0 Å². The molecule has 0 rings (SSSR count). The molecule has 0 saturated carbocycles. The topological polar surface area (TPSA) is 58.2 Å². The molecule has 2 N–H and O–H groups in total. The molecule has 0 saturated heterocycles. The molecule has 0 aliphatic heterocycles. The molecule has 0 aliphatic carbocycles. The first-order valence-electron chi connectivity index (χ1n) is 11.5. The summed E-state index contributed by atoms with van der Waals surface area (Å²) < 4.78 is 0. The van der Waals surface area contributed by atoms with Gasteiger partial charge in [0.05, 0.1) is 5.70 Å². The fourth-order valence-electron chi connectivity index (χ4n) is 3.56. The quantitative estimate of drug-likeness (QED) is 0.304. The van der Waals surface area contributed by atoms with E-state index < -0.39 is 5.41 Å². The van der Waals surface area contributed by atoms with E-state index in [2.05, 4.69) is 51.8 Å². The number of unbranched alkanes of at least 4 members (excludes halogenated alkanes) is 4. The first-order chi connectivity index (χ1) is 13.2. The number of nitrogens with one attached hydrogen (secondary N) is 2. The molecule has 164 valence electrons. The zero-order valence-corrected chi connectivity index (χ0v) is 19.5. The van der Waals surface area contributed by atoms with Gasteiger partial charge < -0.3 is 10.6 Å². The maximum absolute atomic E-state index is 12.9. The number of carbonyl (C=O) groups is 2. The van der Waals surface area contributed by atoms with Crippen LogP contribution in [0, 0.1) is 5.41 Å². The third kappa shape index (κ3) is 9.75. The highest BCUT2D eigenvalue weighted by Crippen LogP contribution is 2.31. The highest BCUT2D eigenvalue weighted by atomic mass is 16.2. The van der Waals surface area contributed by atoms with E-state index in [9.17, 15) is 9.59 Å². The second kappa shape index (κ2) is 13.8. The molecular weight excluding hydrogens is 348 g/mol. The lowest BCUT2D eigenvalue weighted by Crippen LogP contribution is -2.49. The van der Waals surface area contributed by atoms with Gasteiger partial charge in [0.1, 0.15) is 0 Å². The standard InChI is InChI=1S/C24H46N2O2/c1-8-12-16-23(6,17-13-9-2)22(28)25-20(5)21(27)26-24(7,18-14-10-3)19-15-11-4/h5,8-19H2,1-4,6-7H3,(H,25,28)(H,26,27). The number of hydrogen-bond donors (Lipinski definition) is 2. The van der Waals surface area contributed by atoms with Crippen LogP contribution >= 0.6 is 0 Å². The molecule has 0 radical (unpaired) electrons. The number of hydrogen-bond acceptors (Lipinski definition) is 2. The van der Waals surface area contributed by atoms with Crippen LogP contribution in [0.2, 0.25) is 0 Å². The van der Waals surface area contributed by atoms with Crippen molar-refractivity contribution in [1.82, 2.24) is 10.6 Å². The van der Waals surface area contributed by atoms with Gasteiger partial charge in [-0.25, -0.2) is 0 Å². The molecule has 0 aromatic heterocycles. The third-order valence-electron chi connectivity index (χ3n) is 5.83. The summed E-state index contributed by atoms with van der Waals surface area (Å²) >= 11 is 0. The Morgan fingerprint density at radius 2 is 1.14 bits per heavy atom. The van der Waals surface area contributed by atoms with Crippen molar-refractivity contribution < 1.29 is 9.59 Å². The number of rotatable bonds is 16. The Balaban J connectivity index is 5.02. The monoisotopic (exact) mass is 394 g/mol. The number of carbonyl (C=O) groups excluding carboxylic acids is 2. The lowest BCUT2D eigenvalue weighted by molar-refractivity contribution is -0.132. The molecule has 0 aromatic rings. The van der Waals surface area contributed by atoms with E-state index in [1.54, 1.807) is 0 Å². The fourth-order valence-corrected chi connectivity index (χ4v) is 3.56. The summed E-state index contributed by atoms with van der Waals surface area (Å²) in [6.45, 7) is 16.6. The summed E-state index contributed by atoms with van der Waals surface area (Å²) in [7, 11) is 0. The van der Waals surface area contributed by atoms with Crippen LogP contribution in [0.3, 0.4) is 0 Å². The van der Waals surface area contributed by atoms with Crippen LogP contribution in [-0.4, -0.2) is 17.4 Å². The molecule has 0 fully saturated rings. The third-order valence-corrected chi connectivity index (χ3v) is 5.83. The summed E-state index contributed by atoms with van der Waals surface area (Å²) in [5.41, 5.74) is -0.517. The minimum absolute atomic E-state index is 0.0710. The van der Waals surface area contributed by atoms with Crippen molar-refractivity contribution in [2.45, 2.75) is 124 Å². The largest absolute Gasteiger partial charge is 0.346 e. The second-order valence-corrected chi connectivity index (χ2v) is 8.92. The molecule has 0 atom stereocenters. The molecule has 0 aromatic carbocycles. The molecule has 0 heterocycles. The smallest absolute Gasteiger partial charge is 0.267 e. The van der Waals surface area contributed by atoms with Crippen molar-refractivity contribution in [3.8, 4) is 0 Å². The van der Waals surface area contributed by atoms with Gasteiger partial charge in [-0.05, 0) is 32.6 Å². The Kier molecular flexibility index (Phi) is 13.1. The van der Waals surface area contributed by atoms with Gasteiger partial charge in [-0.15, -0.1) is 0 Å². The van der Waals surface area contributed by atoms with Gasteiger partial charge in [0.2, 0.25) is 5.91 Å². The van der Waals surface area contributed by atoms with E-state index in [0.29, 0.717) is 0 Å². The summed E-state index contributed by atoms with van der Waals surface area (Å²) in [5.74, 6) is -0.324. The second-order valence-electron chi connectivity index (χ2n) is 8.92. The summed E-state index contributed by atoms with van der Waals surface area (Å²) in [5, 5.41) is 5.98. The average molecular weight is 395 g/mol. The van der Waals surface area contributed by atoms with Gasteiger partial charge in [-0.1, -0.05) is 92.6 Å². The predicted molar refractivity (Wildman–Crippen MR) is 120 cm³/mol. The SMILES string of the molecule is C=C(NC(=O)C(C)(CCCC)CCCC)C(=O)NC(C)(CCCC)CCCC. The highest BCUT2D eigenvalue weighted by molar-refractivity contribution is 5.98. The van der Waals surface area contributed by atoms with Crippen LogP contribution in [0.5, 0.6) is 0 Å². The number of amides is 2. The Hall–Kier alpha value is -1.32. The minimum Gasteiger partial charge on any atom is -0.346 e. The maximum atomic E-state index is 12.9. The van der Waals surface area contributed by atoms with E-state index >= 15 is 0 Å². The Labute approximate surface area is 174 Å². The van der Waals surface area contributed by atoms with E-state index in [1.807, 2.05) is 6.92 Å². The Morgan fingerprint density at radius 1 is 0.750 bits per heavy atom. The van der Waals surface area contributed by atoms with Gasteiger partial charge in [0, 0.05) is 11.0 Å². The van der Waals surface area contributed by atoms with Gasteiger partial charge in [0.25, 0.3) is 5.91 Å². The van der Waals surface area contributed by atoms with E-state index in [0.717, 1.165) is 77.0 Å². The summed E-state index contributed by atoms with van der Waals surface area (Å²) in [4.78, 5) is 25.7. The van der Waals surface area contributed by atoms with Crippen molar-refractivity contribution >= 4 is 11.8 Å². The first-order valence-corrected chi connectivity index (χ1v) is 11.5. The molecule has 4 heteroatoms. The van der Waals surface area contributed by atoms with E-state index in [4.69, 9.17) is 0 Å². The highest BCUT2D eigenvalue weighted by Gasteiger charge is 2.33. The van der Waals surface area contributed by atoms with Gasteiger partial charge in [-0.3, -0.25) is 9.59 Å². The molecule has 0 aliphatic rings. The van der Waals surface area contributed by atoms with Gasteiger partial charge in [0.15, 0.2) is 0 Å². The lowest BCUT2D eigenvalue weighted by atomic mass is 9.79. The van der Waals surface area contributed by atoms with Crippen LogP contribution in [0.4, 0.5) is 0 Å². The molecule has 0 spiro atoms. The molecule has 28 heavy (non-hydrogen) atoms. The van der Waals surface area contributed by atoms with Crippen LogP contribution in [0.15, 0.2) is 12.3 Å². The van der Waals surface area contributed by atoms with E-state index in [1.165, 1.54) is 0 Å².